The van der Waals surface area contributed by atoms with E-state index in [0.29, 0.717) is 76.4 Å². The monoisotopic (exact) mass is 1010 g/mol. The van der Waals surface area contributed by atoms with E-state index in [0.717, 1.165) is 25.7 Å². The quantitative estimate of drug-likeness (QED) is 0.0586. The van der Waals surface area contributed by atoms with Gasteiger partial charge in [0.05, 0.1) is 26.4 Å². The highest BCUT2D eigenvalue weighted by atomic mass is 32.2. The molecule has 4 aliphatic heterocycles. The summed E-state index contributed by atoms with van der Waals surface area (Å²) in [6.07, 6.45) is 5.89. The van der Waals surface area contributed by atoms with Crippen LogP contribution in [-0.2, 0) is 29.7 Å². The van der Waals surface area contributed by atoms with Crippen LogP contribution in [0.1, 0.15) is 92.2 Å². The number of nitrogens with one attached hydrogen (secondary N) is 6. The highest BCUT2D eigenvalue weighted by molar-refractivity contribution is 7.86. The Morgan fingerprint density at radius 1 is 0.543 bits per heavy atom. The first-order valence-corrected chi connectivity index (χ1v) is 26.4. The van der Waals surface area contributed by atoms with E-state index >= 15 is 0 Å². The molecule has 380 valence electrons. The number of benzene rings is 2. The Bertz CT molecular complexity index is 2600. The number of aromatic nitrogens is 6. The topological polar surface area (TPSA) is 283 Å². The first-order chi connectivity index (χ1) is 32.8. The van der Waals surface area contributed by atoms with Crippen molar-refractivity contribution in [3.63, 3.8) is 0 Å². The van der Waals surface area contributed by atoms with E-state index in [1.54, 1.807) is 12.1 Å². The molecule has 2 aromatic carbocycles. The summed E-state index contributed by atoms with van der Waals surface area (Å²) < 4.78 is 83.7. The Morgan fingerprint density at radius 3 is 1.20 bits per heavy atom. The molecule has 24 heteroatoms. The number of rotatable bonds is 14. The van der Waals surface area contributed by atoms with E-state index in [-0.39, 0.29) is 68.6 Å². The third-order valence-electron chi connectivity index (χ3n) is 12.4. The maximum Gasteiger partial charge on any atom is 0.295 e. The summed E-state index contributed by atoms with van der Waals surface area (Å²) in [5.41, 5.74) is -0.0440. The van der Waals surface area contributed by atoms with Crippen molar-refractivity contribution >= 4 is 79.5 Å². The molecule has 0 atom stereocenters. The first-order valence-electron chi connectivity index (χ1n) is 23.5. The second-order valence-electron chi connectivity index (χ2n) is 21.1. The average molecular weight is 1010 g/mol. The molecule has 6 heterocycles. The van der Waals surface area contributed by atoms with Crippen molar-refractivity contribution in [2.75, 3.05) is 83.7 Å². The van der Waals surface area contributed by atoms with Gasteiger partial charge in [0.25, 0.3) is 20.2 Å². The third-order valence-corrected chi connectivity index (χ3v) is 14.2. The predicted molar refractivity (Wildman–Crippen MR) is 270 cm³/mol. The van der Waals surface area contributed by atoms with Gasteiger partial charge in [-0.25, -0.2) is 0 Å². The minimum absolute atomic E-state index is 0.0288. The molecule has 4 fully saturated rings. The fourth-order valence-electron chi connectivity index (χ4n) is 10.4. The zero-order valence-corrected chi connectivity index (χ0v) is 42.6. The number of piperidine rings is 2. The normalized spacial score (nSPS) is 20.8. The second-order valence-corrected chi connectivity index (χ2v) is 23.9. The van der Waals surface area contributed by atoms with Gasteiger partial charge >= 0.3 is 0 Å². The first kappa shape index (κ1) is 51.0. The molecule has 4 aromatic rings. The van der Waals surface area contributed by atoms with E-state index in [4.69, 9.17) is 19.4 Å². The molecule has 0 aliphatic carbocycles. The van der Waals surface area contributed by atoms with Gasteiger partial charge in [-0.1, -0.05) is 24.3 Å². The SMILES string of the molecule is CC1(C)CC(Nc2nc(Nc3ccc(/C=C/c4ccc(Nc5nc(NC6CC(C)(C)NC(C)(C)C6)nc(N6CCOCC6)n5)cc4S(=O)(=O)O)c(S(=O)(=O)O)c3)nc(N3CCOCC3)n2)CC(C)(C)N1. The number of nitrogens with zero attached hydrogens (tertiary/aromatic N) is 8. The minimum Gasteiger partial charge on any atom is -0.378 e. The molecule has 0 unspecified atom stereocenters. The highest BCUT2D eigenvalue weighted by Gasteiger charge is 2.39. The van der Waals surface area contributed by atoms with Gasteiger partial charge in [0.1, 0.15) is 9.79 Å². The molecule has 8 N–H and O–H groups in total. The van der Waals surface area contributed by atoms with Crippen molar-refractivity contribution in [1.82, 2.24) is 40.5 Å². The largest absolute Gasteiger partial charge is 0.378 e. The van der Waals surface area contributed by atoms with Crippen LogP contribution in [-0.4, -0.2) is 143 Å². The Morgan fingerprint density at radius 2 is 0.871 bits per heavy atom. The molecule has 0 radical (unpaired) electrons. The summed E-state index contributed by atoms with van der Waals surface area (Å²) in [6.45, 7) is 21.5. The highest BCUT2D eigenvalue weighted by Crippen LogP contribution is 2.34. The predicted octanol–water partition coefficient (Wildman–Crippen LogP) is 5.32. The standard InChI is InChI=1S/C46H66N14O8S2/c1-43(2)25-33(26-44(3,4)57-43)49-39-51-37(53-41(55-39)59-15-19-67-20-16-59)47-31-13-11-29(35(23-31)69(61,62)63)9-10-30-12-14-32(24-36(30)70(64,65)66)48-38-52-40(56-42(54-38)60-17-21-68-22-18-60)50-34-27-45(5,6)58-46(7,8)28-34/h9-14,23-24,33-34,57-58H,15-22,25-28H2,1-8H3,(H,61,62,63)(H,64,65,66)(H2,47,49,51,53,55)(H2,48,50,52,54,56)/b10-9+. The lowest BCUT2D eigenvalue weighted by molar-refractivity contribution is 0.122. The van der Waals surface area contributed by atoms with Gasteiger partial charge < -0.3 is 51.2 Å². The number of hydrogen-bond donors (Lipinski definition) is 8. The zero-order chi connectivity index (χ0) is 50.3. The van der Waals surface area contributed by atoms with Gasteiger partial charge in [-0.2, -0.15) is 46.7 Å². The number of morpholine rings is 2. The van der Waals surface area contributed by atoms with E-state index in [2.05, 4.69) is 107 Å². The van der Waals surface area contributed by atoms with Crippen molar-refractivity contribution in [2.45, 2.75) is 125 Å². The molecular weight excluding hydrogens is 941 g/mol. The van der Waals surface area contributed by atoms with Crippen LogP contribution in [0.4, 0.5) is 47.1 Å². The molecule has 22 nitrogen and oxygen atoms in total. The Hall–Kier alpha value is -5.34. The maximum atomic E-state index is 12.9. The lowest BCUT2D eigenvalue weighted by atomic mass is 9.79. The van der Waals surface area contributed by atoms with E-state index < -0.39 is 30.0 Å². The molecule has 0 saturated carbocycles. The van der Waals surface area contributed by atoms with Crippen LogP contribution in [0.25, 0.3) is 12.2 Å². The number of hydrogen-bond acceptors (Lipinski definition) is 20. The van der Waals surface area contributed by atoms with E-state index in [1.807, 2.05) is 9.80 Å². The summed E-state index contributed by atoms with van der Waals surface area (Å²) in [7, 11) is -9.69. The summed E-state index contributed by atoms with van der Waals surface area (Å²) in [5.74, 6) is 1.79. The fraction of sp³-hybridized carbons (Fsp3) is 0.565. The summed E-state index contributed by atoms with van der Waals surface area (Å²) in [6, 6.07) is 8.56. The number of anilines is 8. The molecule has 0 amide bonds. The number of ether oxygens (including phenoxy) is 2. The second kappa shape index (κ2) is 19.7. The maximum absolute atomic E-state index is 12.9. The third kappa shape index (κ3) is 13.3. The summed E-state index contributed by atoms with van der Waals surface area (Å²) >= 11 is 0. The molecule has 4 saturated heterocycles. The smallest absolute Gasteiger partial charge is 0.295 e. The van der Waals surface area contributed by atoms with Gasteiger partial charge in [-0.15, -0.1) is 0 Å². The van der Waals surface area contributed by atoms with Crippen LogP contribution in [0, 0.1) is 0 Å². The van der Waals surface area contributed by atoms with Crippen LogP contribution < -0.4 is 41.7 Å². The van der Waals surface area contributed by atoms with Gasteiger partial charge in [-0.05, 0) is 116 Å². The van der Waals surface area contributed by atoms with Crippen molar-refractivity contribution in [3.05, 3.63) is 47.5 Å². The Balaban J connectivity index is 1.05. The molecule has 70 heavy (non-hydrogen) atoms. The Labute approximate surface area is 410 Å². The molecule has 0 spiro atoms. The lowest BCUT2D eigenvalue weighted by Gasteiger charge is -2.46. The molecular formula is C46H66N14O8S2. The van der Waals surface area contributed by atoms with Gasteiger partial charge in [-0.3, -0.25) is 9.11 Å². The van der Waals surface area contributed by atoms with E-state index in [9.17, 15) is 25.9 Å². The molecule has 0 bridgehead atoms. The zero-order valence-electron chi connectivity index (χ0n) is 41.0. The van der Waals surface area contributed by atoms with Gasteiger partial charge in [0.2, 0.25) is 35.7 Å². The van der Waals surface area contributed by atoms with Crippen LogP contribution in [0.5, 0.6) is 0 Å². The van der Waals surface area contributed by atoms with Crippen molar-refractivity contribution in [2.24, 2.45) is 0 Å². The van der Waals surface area contributed by atoms with E-state index in [1.165, 1.54) is 36.4 Å². The minimum atomic E-state index is -4.84. The van der Waals surface area contributed by atoms with Crippen molar-refractivity contribution < 1.29 is 35.4 Å². The fourth-order valence-corrected chi connectivity index (χ4v) is 11.8. The van der Waals surface area contributed by atoms with Gasteiger partial charge in [0.15, 0.2) is 0 Å². The lowest BCUT2D eigenvalue weighted by Crippen LogP contribution is -2.60. The van der Waals surface area contributed by atoms with Crippen LogP contribution in [0.15, 0.2) is 46.2 Å². The molecule has 4 aliphatic rings. The molecule has 8 rings (SSSR count). The molecule has 2 aromatic heterocycles. The Kier molecular flexibility index (Phi) is 14.4. The average Bonchev–Trinajstić information content (AvgIpc) is 3.24. The van der Waals surface area contributed by atoms with Crippen LogP contribution in [0.3, 0.4) is 0 Å². The summed E-state index contributed by atoms with van der Waals surface area (Å²) in [4.78, 5) is 31.2. The summed E-state index contributed by atoms with van der Waals surface area (Å²) in [5, 5.41) is 20.6. The van der Waals surface area contributed by atoms with Crippen molar-refractivity contribution in [1.29, 1.82) is 0 Å². The van der Waals surface area contributed by atoms with Gasteiger partial charge in [0, 0.05) is 71.8 Å². The van der Waals surface area contributed by atoms with Crippen LogP contribution in [0.2, 0.25) is 0 Å². The van der Waals surface area contributed by atoms with Crippen LogP contribution >= 0.6 is 0 Å². The van der Waals surface area contributed by atoms with Crippen molar-refractivity contribution in [3.8, 4) is 0 Å².